The van der Waals surface area contributed by atoms with E-state index in [1.54, 1.807) is 24.4 Å². The fourth-order valence-electron chi connectivity index (χ4n) is 1.11. The van der Waals surface area contributed by atoms with E-state index < -0.39 is 0 Å². The monoisotopic (exact) mass is 187 g/mol. The van der Waals surface area contributed by atoms with E-state index in [1.165, 1.54) is 0 Å². The first-order valence-corrected chi connectivity index (χ1v) is 4.22. The van der Waals surface area contributed by atoms with E-state index >= 15 is 0 Å². The molecule has 2 rings (SSSR count). The molecule has 0 atom stereocenters. The number of rotatable bonds is 2. The number of nitrogens with one attached hydrogen (secondary N) is 2. The maximum absolute atomic E-state index is 11.5. The van der Waals surface area contributed by atoms with Crippen molar-refractivity contribution in [2.75, 3.05) is 5.32 Å². The highest BCUT2D eigenvalue weighted by Gasteiger charge is 2.04. The number of aromatic nitrogens is 2. The van der Waals surface area contributed by atoms with Crippen LogP contribution in [-0.2, 0) is 0 Å². The molecule has 0 fully saturated rings. The third-order valence-electron chi connectivity index (χ3n) is 1.78. The fraction of sp³-hybridized carbons (Fsp3) is 0. The van der Waals surface area contributed by atoms with E-state index in [4.69, 9.17) is 0 Å². The van der Waals surface area contributed by atoms with Crippen molar-refractivity contribution in [1.82, 2.24) is 10.2 Å². The van der Waals surface area contributed by atoms with Crippen molar-refractivity contribution in [3.05, 3.63) is 48.2 Å². The second kappa shape index (κ2) is 3.74. The van der Waals surface area contributed by atoms with Crippen molar-refractivity contribution in [2.45, 2.75) is 0 Å². The smallest absolute Gasteiger partial charge is 0.256 e. The van der Waals surface area contributed by atoms with Crippen LogP contribution in [0.5, 0.6) is 0 Å². The number of carbonyl (C=O) groups is 1. The van der Waals surface area contributed by atoms with Gasteiger partial charge in [-0.3, -0.25) is 9.89 Å². The summed E-state index contributed by atoms with van der Waals surface area (Å²) in [5.74, 6) is 0.372. The number of nitrogens with zero attached hydrogens (tertiary/aromatic N) is 1. The van der Waals surface area contributed by atoms with Gasteiger partial charge in [-0.25, -0.2) is 0 Å². The zero-order valence-corrected chi connectivity index (χ0v) is 7.40. The van der Waals surface area contributed by atoms with Crippen LogP contribution in [0, 0.1) is 0 Å². The molecular weight excluding hydrogens is 178 g/mol. The van der Waals surface area contributed by atoms with Gasteiger partial charge in [0.05, 0.1) is 0 Å². The average molecular weight is 187 g/mol. The lowest BCUT2D eigenvalue weighted by Gasteiger charge is -2.00. The summed E-state index contributed by atoms with van der Waals surface area (Å²) in [6.07, 6.45) is 1.65. The molecule has 0 aliphatic carbocycles. The van der Waals surface area contributed by atoms with Gasteiger partial charge in [0.2, 0.25) is 0 Å². The molecule has 4 nitrogen and oxygen atoms in total. The summed E-state index contributed by atoms with van der Waals surface area (Å²) in [6, 6.07) is 10.7. The molecule has 0 aliphatic heterocycles. The Labute approximate surface area is 81.0 Å². The molecule has 2 aromatic rings. The van der Waals surface area contributed by atoms with Crippen LogP contribution in [0.4, 0.5) is 5.82 Å². The Morgan fingerprint density at radius 1 is 1.21 bits per heavy atom. The van der Waals surface area contributed by atoms with Gasteiger partial charge < -0.3 is 5.32 Å². The van der Waals surface area contributed by atoms with Crippen LogP contribution in [0.1, 0.15) is 10.4 Å². The minimum absolute atomic E-state index is 0.155. The molecule has 14 heavy (non-hydrogen) atoms. The number of carbonyl (C=O) groups excluding carboxylic acids is 1. The maximum atomic E-state index is 11.5. The van der Waals surface area contributed by atoms with Crippen molar-refractivity contribution in [3.8, 4) is 0 Å². The van der Waals surface area contributed by atoms with Gasteiger partial charge in [-0.15, -0.1) is 0 Å². The molecule has 0 unspecified atom stereocenters. The predicted octanol–water partition coefficient (Wildman–Crippen LogP) is 1.66. The number of aromatic amines is 1. The van der Waals surface area contributed by atoms with E-state index in [9.17, 15) is 4.79 Å². The largest absolute Gasteiger partial charge is 0.305 e. The highest BCUT2D eigenvalue weighted by Crippen LogP contribution is 2.04. The SMILES string of the molecule is O=C(Nc1cc[nH]n1)c1ccccc1. The van der Waals surface area contributed by atoms with Gasteiger partial charge in [-0.1, -0.05) is 18.2 Å². The molecule has 0 saturated carbocycles. The quantitative estimate of drug-likeness (QED) is 0.751. The molecule has 1 aromatic heterocycles. The zero-order valence-electron chi connectivity index (χ0n) is 7.40. The number of anilines is 1. The average Bonchev–Trinajstić information content (AvgIpc) is 2.72. The van der Waals surface area contributed by atoms with Crippen molar-refractivity contribution >= 4 is 11.7 Å². The summed E-state index contributed by atoms with van der Waals surface area (Å²) in [7, 11) is 0. The Hall–Kier alpha value is -2.10. The molecule has 0 aliphatic rings. The third kappa shape index (κ3) is 1.80. The van der Waals surface area contributed by atoms with Crippen LogP contribution in [-0.4, -0.2) is 16.1 Å². The lowest BCUT2D eigenvalue weighted by Crippen LogP contribution is -2.11. The summed E-state index contributed by atoms with van der Waals surface area (Å²) in [6.45, 7) is 0. The standard InChI is InChI=1S/C10H9N3O/c14-10(8-4-2-1-3-5-8)12-9-6-7-11-13-9/h1-7H,(H2,11,12,13,14). The van der Waals surface area contributed by atoms with Crippen molar-refractivity contribution < 1.29 is 4.79 Å². The molecular formula is C10H9N3O. The Balaban J connectivity index is 2.11. The van der Waals surface area contributed by atoms with Crippen LogP contribution in [0.15, 0.2) is 42.6 Å². The lowest BCUT2D eigenvalue weighted by atomic mass is 10.2. The summed E-state index contributed by atoms with van der Waals surface area (Å²) in [5, 5.41) is 9.10. The summed E-state index contributed by atoms with van der Waals surface area (Å²) in [4.78, 5) is 11.5. The van der Waals surface area contributed by atoms with Crippen LogP contribution < -0.4 is 5.32 Å². The van der Waals surface area contributed by atoms with Gasteiger partial charge >= 0.3 is 0 Å². The van der Waals surface area contributed by atoms with Gasteiger partial charge in [0.15, 0.2) is 5.82 Å². The minimum atomic E-state index is -0.155. The highest BCUT2D eigenvalue weighted by atomic mass is 16.1. The van der Waals surface area contributed by atoms with Crippen molar-refractivity contribution in [2.24, 2.45) is 0 Å². The second-order valence-electron chi connectivity index (χ2n) is 2.78. The first kappa shape index (κ1) is 8.50. The van der Waals surface area contributed by atoms with Gasteiger partial charge in [0.1, 0.15) is 0 Å². The Bertz CT molecular complexity index is 408. The minimum Gasteiger partial charge on any atom is -0.305 e. The molecule has 0 spiro atoms. The fourth-order valence-corrected chi connectivity index (χ4v) is 1.11. The summed E-state index contributed by atoms with van der Waals surface area (Å²) < 4.78 is 0. The number of H-pyrrole nitrogens is 1. The zero-order chi connectivity index (χ0) is 9.80. The van der Waals surface area contributed by atoms with Crippen LogP contribution in [0.3, 0.4) is 0 Å². The van der Waals surface area contributed by atoms with Crippen LogP contribution >= 0.6 is 0 Å². The lowest BCUT2D eigenvalue weighted by molar-refractivity contribution is 0.102. The highest BCUT2D eigenvalue weighted by molar-refractivity contribution is 6.03. The predicted molar refractivity (Wildman–Crippen MR) is 53.0 cm³/mol. The van der Waals surface area contributed by atoms with Crippen molar-refractivity contribution in [1.29, 1.82) is 0 Å². The van der Waals surface area contributed by atoms with Gasteiger partial charge in [0.25, 0.3) is 5.91 Å². The molecule has 1 heterocycles. The molecule has 70 valence electrons. The topological polar surface area (TPSA) is 57.8 Å². The van der Waals surface area contributed by atoms with E-state index in [-0.39, 0.29) is 5.91 Å². The van der Waals surface area contributed by atoms with Crippen LogP contribution in [0.2, 0.25) is 0 Å². The molecule has 0 bridgehead atoms. The maximum Gasteiger partial charge on any atom is 0.256 e. The van der Waals surface area contributed by atoms with E-state index in [2.05, 4.69) is 15.5 Å². The van der Waals surface area contributed by atoms with E-state index in [0.717, 1.165) is 0 Å². The Morgan fingerprint density at radius 3 is 2.64 bits per heavy atom. The van der Waals surface area contributed by atoms with Crippen LogP contribution in [0.25, 0.3) is 0 Å². The number of hydrogen-bond donors (Lipinski definition) is 2. The number of hydrogen-bond acceptors (Lipinski definition) is 2. The van der Waals surface area contributed by atoms with Gasteiger partial charge in [-0.2, -0.15) is 5.10 Å². The number of benzene rings is 1. The first-order valence-electron chi connectivity index (χ1n) is 4.22. The normalized spacial score (nSPS) is 9.71. The molecule has 1 amide bonds. The molecule has 0 radical (unpaired) electrons. The molecule has 4 heteroatoms. The Morgan fingerprint density at radius 2 is 2.00 bits per heavy atom. The second-order valence-corrected chi connectivity index (χ2v) is 2.78. The molecule has 1 aromatic carbocycles. The van der Waals surface area contributed by atoms with E-state index in [0.29, 0.717) is 11.4 Å². The Kier molecular flexibility index (Phi) is 2.27. The third-order valence-corrected chi connectivity index (χ3v) is 1.78. The molecule has 0 saturated heterocycles. The van der Waals surface area contributed by atoms with Gasteiger partial charge in [0, 0.05) is 17.8 Å². The summed E-state index contributed by atoms with van der Waals surface area (Å²) in [5.41, 5.74) is 0.621. The first-order chi connectivity index (χ1) is 6.86. The van der Waals surface area contributed by atoms with Crippen molar-refractivity contribution in [3.63, 3.8) is 0 Å². The number of amides is 1. The van der Waals surface area contributed by atoms with E-state index in [1.807, 2.05) is 18.2 Å². The van der Waals surface area contributed by atoms with Gasteiger partial charge in [-0.05, 0) is 12.1 Å². The molecule has 2 N–H and O–H groups in total. The summed E-state index contributed by atoms with van der Waals surface area (Å²) >= 11 is 0.